The molecular formula is C17H18N4O. The van der Waals surface area contributed by atoms with Gasteiger partial charge in [0.25, 0.3) is 0 Å². The first-order chi connectivity index (χ1) is 10.7. The Balaban J connectivity index is 1.94. The van der Waals surface area contributed by atoms with Crippen molar-refractivity contribution in [1.82, 2.24) is 20.1 Å². The van der Waals surface area contributed by atoms with Crippen LogP contribution in [0.25, 0.3) is 17.1 Å². The lowest BCUT2D eigenvalue weighted by Crippen LogP contribution is -2.20. The van der Waals surface area contributed by atoms with Crippen molar-refractivity contribution in [3.63, 3.8) is 0 Å². The van der Waals surface area contributed by atoms with Crippen molar-refractivity contribution >= 4 is 5.70 Å². The Morgan fingerprint density at radius 3 is 2.86 bits per heavy atom. The first-order valence-electron chi connectivity index (χ1n) is 7.58. The van der Waals surface area contributed by atoms with Gasteiger partial charge in [0.05, 0.1) is 17.5 Å². The van der Waals surface area contributed by atoms with E-state index in [-0.39, 0.29) is 5.92 Å². The van der Waals surface area contributed by atoms with Gasteiger partial charge in [-0.2, -0.15) is 0 Å². The monoisotopic (exact) mass is 294 g/mol. The molecule has 1 aliphatic carbocycles. The molecule has 2 N–H and O–H groups in total. The summed E-state index contributed by atoms with van der Waals surface area (Å²) in [5.74, 6) is 2.03. The number of aliphatic hydroxyl groups excluding tert-OH is 1. The van der Waals surface area contributed by atoms with Crippen molar-refractivity contribution in [3.05, 3.63) is 54.0 Å². The second kappa shape index (κ2) is 5.10. The fourth-order valence-corrected chi connectivity index (χ4v) is 3.06. The normalized spacial score (nSPS) is 23.5. The summed E-state index contributed by atoms with van der Waals surface area (Å²) in [4.78, 5) is 0. The Labute approximate surface area is 129 Å². The molecule has 2 atom stereocenters. The zero-order valence-electron chi connectivity index (χ0n) is 12.4. The fourth-order valence-electron chi connectivity index (χ4n) is 3.06. The van der Waals surface area contributed by atoms with E-state index in [1.807, 2.05) is 42.5 Å². The maximum atomic E-state index is 10.0. The largest absolute Gasteiger partial charge is 0.389 e. The average molecular weight is 294 g/mol. The molecule has 2 heterocycles. The molecule has 0 amide bonds. The Hall–Kier alpha value is -2.40. The van der Waals surface area contributed by atoms with E-state index in [0.717, 1.165) is 35.2 Å². The molecule has 112 valence electrons. The van der Waals surface area contributed by atoms with Gasteiger partial charge in [-0.05, 0) is 6.08 Å². The quantitative estimate of drug-likeness (QED) is 0.846. The Morgan fingerprint density at radius 2 is 2.05 bits per heavy atom. The number of rotatable bonds is 1. The summed E-state index contributed by atoms with van der Waals surface area (Å²) in [7, 11) is 0. The number of hydrogen-bond acceptors (Lipinski definition) is 4. The van der Waals surface area contributed by atoms with Crippen molar-refractivity contribution in [1.29, 1.82) is 0 Å². The van der Waals surface area contributed by atoms with E-state index >= 15 is 0 Å². The highest BCUT2D eigenvalue weighted by molar-refractivity contribution is 5.67. The highest BCUT2D eigenvalue weighted by atomic mass is 16.3. The van der Waals surface area contributed by atoms with E-state index in [4.69, 9.17) is 0 Å². The summed E-state index contributed by atoms with van der Waals surface area (Å²) >= 11 is 0. The third-order valence-electron chi connectivity index (χ3n) is 4.23. The van der Waals surface area contributed by atoms with E-state index in [2.05, 4.69) is 27.0 Å². The molecule has 0 saturated heterocycles. The van der Waals surface area contributed by atoms with Crippen LogP contribution in [0.1, 0.15) is 25.1 Å². The molecule has 2 aromatic rings. The fraction of sp³-hybridized carbons (Fsp3) is 0.294. The summed E-state index contributed by atoms with van der Waals surface area (Å²) in [6, 6.07) is 10.1. The van der Waals surface area contributed by atoms with E-state index < -0.39 is 6.10 Å². The predicted molar refractivity (Wildman–Crippen MR) is 84.9 cm³/mol. The third-order valence-corrected chi connectivity index (χ3v) is 4.23. The predicted octanol–water partition coefficient (Wildman–Crippen LogP) is 2.14. The second-order valence-corrected chi connectivity index (χ2v) is 5.86. The summed E-state index contributed by atoms with van der Waals surface area (Å²) < 4.78 is 2.11. The Kier molecular flexibility index (Phi) is 3.08. The molecule has 22 heavy (non-hydrogen) atoms. The van der Waals surface area contributed by atoms with Crippen LogP contribution >= 0.6 is 0 Å². The maximum Gasteiger partial charge on any atom is 0.168 e. The van der Waals surface area contributed by atoms with Gasteiger partial charge in [0, 0.05) is 24.4 Å². The molecule has 5 nitrogen and oxygen atoms in total. The van der Waals surface area contributed by atoms with Gasteiger partial charge in [0.1, 0.15) is 5.82 Å². The highest BCUT2D eigenvalue weighted by Crippen LogP contribution is 2.33. The molecule has 4 rings (SSSR count). The van der Waals surface area contributed by atoms with Crippen LogP contribution in [-0.2, 0) is 0 Å². The van der Waals surface area contributed by atoms with Crippen LogP contribution in [0.4, 0.5) is 0 Å². The highest BCUT2D eigenvalue weighted by Gasteiger charge is 2.28. The van der Waals surface area contributed by atoms with E-state index in [9.17, 15) is 5.11 Å². The number of benzene rings is 1. The maximum absolute atomic E-state index is 10.0. The van der Waals surface area contributed by atoms with Gasteiger partial charge in [0.2, 0.25) is 0 Å². The lowest BCUT2D eigenvalue weighted by molar-refractivity contribution is 0.226. The van der Waals surface area contributed by atoms with Crippen LogP contribution in [0.15, 0.2) is 48.2 Å². The molecule has 1 aliphatic heterocycles. The van der Waals surface area contributed by atoms with Crippen molar-refractivity contribution < 1.29 is 5.11 Å². The van der Waals surface area contributed by atoms with Gasteiger partial charge in [-0.15, -0.1) is 10.2 Å². The molecular weight excluding hydrogens is 276 g/mol. The van der Waals surface area contributed by atoms with E-state index in [1.54, 1.807) is 0 Å². The van der Waals surface area contributed by atoms with Crippen LogP contribution in [0.2, 0.25) is 0 Å². The molecule has 0 spiro atoms. The van der Waals surface area contributed by atoms with Crippen LogP contribution in [-0.4, -0.2) is 32.5 Å². The molecule has 2 aliphatic rings. The molecule has 1 aromatic heterocycles. The number of nitrogens with one attached hydrogen (secondary N) is 1. The average Bonchev–Trinajstić information content (AvgIpc) is 2.94. The van der Waals surface area contributed by atoms with Crippen molar-refractivity contribution in [3.8, 4) is 11.4 Å². The minimum absolute atomic E-state index is 0.251. The lowest BCUT2D eigenvalue weighted by atomic mass is 10.0. The smallest absolute Gasteiger partial charge is 0.168 e. The Bertz CT molecular complexity index is 760. The molecule has 5 heteroatoms. The van der Waals surface area contributed by atoms with E-state index in [0.29, 0.717) is 6.42 Å². The van der Waals surface area contributed by atoms with Gasteiger partial charge in [-0.25, -0.2) is 0 Å². The zero-order valence-corrected chi connectivity index (χ0v) is 12.4. The SMILES string of the molecule is CC1CNC2=C(CC(O)C=C2)n2c(-c3ccccc3)nnc21. The molecule has 0 radical (unpaired) electrons. The third kappa shape index (κ3) is 2.05. The molecule has 0 fully saturated rings. The molecule has 2 unspecified atom stereocenters. The first-order valence-corrected chi connectivity index (χ1v) is 7.58. The summed E-state index contributed by atoms with van der Waals surface area (Å²) in [6.07, 6.45) is 3.89. The summed E-state index contributed by atoms with van der Waals surface area (Å²) in [5, 5.41) is 22.3. The van der Waals surface area contributed by atoms with Crippen molar-refractivity contribution in [2.45, 2.75) is 25.4 Å². The van der Waals surface area contributed by atoms with Gasteiger partial charge in [-0.3, -0.25) is 4.57 Å². The topological polar surface area (TPSA) is 63.0 Å². The number of aromatic nitrogens is 3. The van der Waals surface area contributed by atoms with Gasteiger partial charge < -0.3 is 10.4 Å². The van der Waals surface area contributed by atoms with Gasteiger partial charge in [0.15, 0.2) is 5.82 Å². The second-order valence-electron chi connectivity index (χ2n) is 5.86. The number of nitrogens with zero attached hydrogens (tertiary/aromatic N) is 3. The zero-order chi connectivity index (χ0) is 15.1. The van der Waals surface area contributed by atoms with Gasteiger partial charge in [-0.1, -0.05) is 43.3 Å². The standard InChI is InChI=1S/C17H18N4O/c1-11-10-18-14-8-7-13(22)9-15(14)21-16(11)19-20-17(21)12-5-3-2-4-6-12/h2-8,11,13,18,22H,9-10H2,1H3. The van der Waals surface area contributed by atoms with Gasteiger partial charge >= 0.3 is 0 Å². The van der Waals surface area contributed by atoms with Crippen LogP contribution in [0.5, 0.6) is 0 Å². The first kappa shape index (κ1) is 13.3. The van der Waals surface area contributed by atoms with Crippen molar-refractivity contribution in [2.24, 2.45) is 0 Å². The van der Waals surface area contributed by atoms with Crippen LogP contribution in [0.3, 0.4) is 0 Å². The minimum atomic E-state index is -0.465. The molecule has 0 bridgehead atoms. The number of allylic oxidation sites excluding steroid dienone is 1. The molecule has 0 saturated carbocycles. The molecule has 1 aromatic carbocycles. The number of hydrogen-bond donors (Lipinski definition) is 2. The minimum Gasteiger partial charge on any atom is -0.389 e. The number of aliphatic hydroxyl groups is 1. The lowest BCUT2D eigenvalue weighted by Gasteiger charge is -2.20. The van der Waals surface area contributed by atoms with Crippen LogP contribution in [0, 0.1) is 0 Å². The van der Waals surface area contributed by atoms with E-state index in [1.165, 1.54) is 0 Å². The Morgan fingerprint density at radius 1 is 1.23 bits per heavy atom. The van der Waals surface area contributed by atoms with Crippen LogP contribution < -0.4 is 5.32 Å². The number of fused-ring (bicyclic) bond motifs is 2. The summed E-state index contributed by atoms with van der Waals surface area (Å²) in [6.45, 7) is 2.95. The summed E-state index contributed by atoms with van der Waals surface area (Å²) in [5.41, 5.74) is 3.12. The van der Waals surface area contributed by atoms with Crippen molar-refractivity contribution in [2.75, 3.05) is 6.54 Å².